The van der Waals surface area contributed by atoms with Gasteiger partial charge in [-0.1, -0.05) is 46.3 Å². The van der Waals surface area contributed by atoms with Gasteiger partial charge in [-0.25, -0.2) is 0 Å². The van der Waals surface area contributed by atoms with Crippen molar-refractivity contribution in [3.8, 4) is 0 Å². The van der Waals surface area contributed by atoms with E-state index in [0.29, 0.717) is 11.3 Å². The normalized spacial score (nSPS) is 11.5. The fourth-order valence-corrected chi connectivity index (χ4v) is 2.07. The van der Waals surface area contributed by atoms with Gasteiger partial charge in [0.1, 0.15) is 0 Å². The molecule has 4 nitrogen and oxygen atoms in total. The summed E-state index contributed by atoms with van der Waals surface area (Å²) in [4.78, 5) is 23.6. The lowest BCUT2D eigenvalue weighted by Crippen LogP contribution is -2.25. The summed E-state index contributed by atoms with van der Waals surface area (Å²) in [7, 11) is 0. The van der Waals surface area contributed by atoms with E-state index < -0.39 is 18.0 Å². The Hall–Kier alpha value is -2.14. The summed E-state index contributed by atoms with van der Waals surface area (Å²) in [6.07, 6.45) is -0.965. The lowest BCUT2D eigenvalue weighted by atomic mass is 10.1. The third-order valence-corrected chi connectivity index (χ3v) is 3.26. The second-order valence-electron chi connectivity index (χ2n) is 4.40. The van der Waals surface area contributed by atoms with Gasteiger partial charge in [0.05, 0.1) is 0 Å². The van der Waals surface area contributed by atoms with E-state index in [4.69, 9.17) is 4.74 Å². The zero-order chi connectivity index (χ0) is 15.2. The number of benzene rings is 2. The van der Waals surface area contributed by atoms with Crippen LogP contribution in [0.4, 0.5) is 5.69 Å². The van der Waals surface area contributed by atoms with Crippen molar-refractivity contribution in [2.24, 2.45) is 0 Å². The van der Waals surface area contributed by atoms with Crippen molar-refractivity contribution in [3.63, 3.8) is 0 Å². The minimum Gasteiger partial charge on any atom is -0.447 e. The molecule has 0 radical (unpaired) electrons. The number of ether oxygens (including phenoxy) is 1. The van der Waals surface area contributed by atoms with E-state index >= 15 is 0 Å². The molecule has 0 bridgehead atoms. The lowest BCUT2D eigenvalue weighted by Gasteiger charge is -2.17. The van der Waals surface area contributed by atoms with Gasteiger partial charge in [0.2, 0.25) is 6.10 Å². The van der Waals surface area contributed by atoms with Crippen molar-refractivity contribution in [3.05, 3.63) is 64.6 Å². The molecule has 0 aliphatic heterocycles. The maximum Gasteiger partial charge on any atom is 0.303 e. The van der Waals surface area contributed by atoms with E-state index in [-0.39, 0.29) is 0 Å². The zero-order valence-corrected chi connectivity index (χ0v) is 13.0. The first-order valence-corrected chi connectivity index (χ1v) is 7.14. The van der Waals surface area contributed by atoms with Crippen molar-refractivity contribution < 1.29 is 14.3 Å². The van der Waals surface area contributed by atoms with Crippen LogP contribution in [0.2, 0.25) is 0 Å². The van der Waals surface area contributed by atoms with E-state index in [2.05, 4.69) is 21.2 Å². The molecule has 0 fully saturated rings. The third-order valence-electron chi connectivity index (χ3n) is 2.74. The monoisotopic (exact) mass is 347 g/mol. The standard InChI is InChI=1S/C16H14BrNO3/c1-11(19)21-15(12-5-3-2-4-6-12)16(20)18-14-9-7-13(17)8-10-14/h2-10,15H,1H3,(H,18,20)/t15-/m0/s1. The number of halogens is 1. The van der Waals surface area contributed by atoms with E-state index in [9.17, 15) is 9.59 Å². The van der Waals surface area contributed by atoms with Crippen LogP contribution in [0.25, 0.3) is 0 Å². The summed E-state index contributed by atoms with van der Waals surface area (Å²) in [5.74, 6) is -0.895. The van der Waals surface area contributed by atoms with Crippen LogP contribution < -0.4 is 5.32 Å². The van der Waals surface area contributed by atoms with E-state index in [1.54, 1.807) is 36.4 Å². The smallest absolute Gasteiger partial charge is 0.303 e. The van der Waals surface area contributed by atoms with Crippen molar-refractivity contribution >= 4 is 33.5 Å². The maximum atomic E-state index is 12.3. The van der Waals surface area contributed by atoms with Gasteiger partial charge in [-0.15, -0.1) is 0 Å². The van der Waals surface area contributed by atoms with Crippen molar-refractivity contribution in [2.45, 2.75) is 13.0 Å². The average molecular weight is 348 g/mol. The van der Waals surface area contributed by atoms with Gasteiger partial charge in [0.25, 0.3) is 5.91 Å². The SMILES string of the molecule is CC(=O)O[C@H](C(=O)Nc1ccc(Br)cc1)c1ccccc1. The number of esters is 1. The Morgan fingerprint density at radius 3 is 2.24 bits per heavy atom. The predicted molar refractivity (Wildman–Crippen MR) is 83.7 cm³/mol. The minimum absolute atomic E-state index is 0.390. The zero-order valence-electron chi connectivity index (χ0n) is 11.4. The molecule has 0 saturated carbocycles. The van der Waals surface area contributed by atoms with E-state index in [1.807, 2.05) is 18.2 Å². The minimum atomic E-state index is -0.965. The molecule has 0 saturated heterocycles. The number of rotatable bonds is 4. The number of anilines is 1. The fourth-order valence-electron chi connectivity index (χ4n) is 1.81. The molecule has 2 aromatic carbocycles. The second kappa shape index (κ2) is 7.04. The molecule has 108 valence electrons. The number of nitrogens with one attached hydrogen (secondary N) is 1. The average Bonchev–Trinajstić information content (AvgIpc) is 2.48. The molecule has 0 aliphatic rings. The van der Waals surface area contributed by atoms with Crippen LogP contribution >= 0.6 is 15.9 Å². The number of carbonyl (C=O) groups excluding carboxylic acids is 2. The van der Waals surface area contributed by atoms with Gasteiger partial charge >= 0.3 is 5.97 Å². The van der Waals surface area contributed by atoms with Crippen LogP contribution in [0.15, 0.2) is 59.1 Å². The van der Waals surface area contributed by atoms with Crippen LogP contribution in [0, 0.1) is 0 Å². The molecule has 0 spiro atoms. The molecule has 1 amide bonds. The van der Waals surface area contributed by atoms with Gasteiger partial charge in [0.15, 0.2) is 0 Å². The third kappa shape index (κ3) is 4.43. The highest BCUT2D eigenvalue weighted by molar-refractivity contribution is 9.10. The summed E-state index contributed by atoms with van der Waals surface area (Å²) in [5.41, 5.74) is 1.26. The molecule has 1 N–H and O–H groups in total. The molecular weight excluding hydrogens is 334 g/mol. The second-order valence-corrected chi connectivity index (χ2v) is 5.31. The summed E-state index contributed by atoms with van der Waals surface area (Å²) in [6.45, 7) is 1.28. The van der Waals surface area contributed by atoms with Crippen molar-refractivity contribution in [1.82, 2.24) is 0 Å². The molecule has 2 rings (SSSR count). The Bertz CT molecular complexity index is 626. The molecular formula is C16H14BrNO3. The number of carbonyl (C=O) groups is 2. The van der Waals surface area contributed by atoms with Gasteiger partial charge in [-0.3, -0.25) is 9.59 Å². The molecule has 21 heavy (non-hydrogen) atoms. The van der Waals surface area contributed by atoms with Crippen molar-refractivity contribution in [2.75, 3.05) is 5.32 Å². The number of amides is 1. The molecule has 0 aliphatic carbocycles. The Morgan fingerprint density at radius 2 is 1.67 bits per heavy atom. The van der Waals surface area contributed by atoms with Gasteiger partial charge in [-0.2, -0.15) is 0 Å². The summed E-state index contributed by atoms with van der Waals surface area (Å²) >= 11 is 3.33. The molecule has 0 heterocycles. The van der Waals surface area contributed by atoms with Gasteiger partial charge in [-0.05, 0) is 24.3 Å². The molecule has 5 heteroatoms. The van der Waals surface area contributed by atoms with Gasteiger partial charge in [0, 0.05) is 22.6 Å². The fraction of sp³-hybridized carbons (Fsp3) is 0.125. The predicted octanol–water partition coefficient (Wildman–Crippen LogP) is 3.69. The first kappa shape index (κ1) is 15.3. The highest BCUT2D eigenvalue weighted by Gasteiger charge is 2.23. The first-order valence-electron chi connectivity index (χ1n) is 6.35. The van der Waals surface area contributed by atoms with Gasteiger partial charge < -0.3 is 10.1 Å². The van der Waals surface area contributed by atoms with Crippen molar-refractivity contribution in [1.29, 1.82) is 0 Å². The first-order chi connectivity index (χ1) is 10.1. The molecule has 2 aromatic rings. The van der Waals surface area contributed by atoms with Crippen LogP contribution in [-0.2, 0) is 14.3 Å². The Labute approximate surface area is 131 Å². The van der Waals surface area contributed by atoms with Crippen LogP contribution in [0.3, 0.4) is 0 Å². The Kier molecular flexibility index (Phi) is 5.11. The number of hydrogen-bond donors (Lipinski definition) is 1. The van der Waals surface area contributed by atoms with Crippen LogP contribution in [0.1, 0.15) is 18.6 Å². The molecule has 0 unspecified atom stereocenters. The molecule has 0 aromatic heterocycles. The Balaban J connectivity index is 2.18. The Morgan fingerprint density at radius 1 is 1.05 bits per heavy atom. The summed E-state index contributed by atoms with van der Waals surface area (Å²) < 4.78 is 6.05. The lowest BCUT2D eigenvalue weighted by molar-refractivity contribution is -0.152. The number of hydrogen-bond acceptors (Lipinski definition) is 3. The highest BCUT2D eigenvalue weighted by Crippen LogP contribution is 2.21. The molecule has 1 atom stereocenters. The maximum absolute atomic E-state index is 12.3. The topological polar surface area (TPSA) is 55.4 Å². The van der Waals surface area contributed by atoms with E-state index in [0.717, 1.165) is 4.47 Å². The summed E-state index contributed by atoms with van der Waals surface area (Å²) in [5, 5.41) is 2.74. The van der Waals surface area contributed by atoms with Crippen LogP contribution in [-0.4, -0.2) is 11.9 Å². The van der Waals surface area contributed by atoms with Crippen LogP contribution in [0.5, 0.6) is 0 Å². The largest absolute Gasteiger partial charge is 0.447 e. The quantitative estimate of drug-likeness (QED) is 0.858. The summed E-state index contributed by atoms with van der Waals surface area (Å²) in [6, 6.07) is 16.1. The highest BCUT2D eigenvalue weighted by atomic mass is 79.9. The van der Waals surface area contributed by atoms with E-state index in [1.165, 1.54) is 6.92 Å².